The molecule has 1 aliphatic carbocycles. The van der Waals surface area contributed by atoms with Gasteiger partial charge in [-0.05, 0) is 48.7 Å². The van der Waals surface area contributed by atoms with Crippen molar-refractivity contribution >= 4 is 11.6 Å². The minimum Gasteiger partial charge on any atom is -0.325 e. The fourth-order valence-electron chi connectivity index (χ4n) is 2.36. The highest BCUT2D eigenvalue weighted by atomic mass is 19.1. The maximum Gasteiger partial charge on any atom is 0.235 e. The van der Waals surface area contributed by atoms with Crippen LogP contribution < -0.4 is 5.32 Å². The van der Waals surface area contributed by atoms with Gasteiger partial charge in [-0.3, -0.25) is 4.79 Å². The number of anilines is 1. The monoisotopic (exact) mass is 273 g/mol. The lowest BCUT2D eigenvalue weighted by molar-refractivity contribution is -0.118. The fourth-order valence-corrected chi connectivity index (χ4v) is 2.36. The highest BCUT2D eigenvalue weighted by Crippen LogP contribution is 2.49. The second kappa shape index (κ2) is 4.71. The van der Waals surface area contributed by atoms with Crippen LogP contribution in [-0.2, 0) is 10.2 Å². The summed E-state index contributed by atoms with van der Waals surface area (Å²) in [6.45, 7) is 0. The molecular formula is C16H13F2NO. The molecule has 0 bridgehead atoms. The highest BCUT2D eigenvalue weighted by Gasteiger charge is 2.51. The highest BCUT2D eigenvalue weighted by molar-refractivity contribution is 6.01. The predicted molar refractivity (Wildman–Crippen MR) is 72.3 cm³/mol. The van der Waals surface area contributed by atoms with Crippen LogP contribution in [0.25, 0.3) is 0 Å². The lowest BCUT2D eigenvalue weighted by Gasteiger charge is -2.15. The maximum absolute atomic E-state index is 13.1. The first-order chi connectivity index (χ1) is 9.60. The van der Waals surface area contributed by atoms with E-state index in [2.05, 4.69) is 5.32 Å². The van der Waals surface area contributed by atoms with E-state index < -0.39 is 11.2 Å². The molecule has 3 rings (SSSR count). The van der Waals surface area contributed by atoms with Crippen molar-refractivity contribution in [3.63, 3.8) is 0 Å². The molecule has 2 nitrogen and oxygen atoms in total. The van der Waals surface area contributed by atoms with Crippen molar-refractivity contribution in [3.8, 4) is 0 Å². The van der Waals surface area contributed by atoms with Gasteiger partial charge in [0.25, 0.3) is 0 Å². The predicted octanol–water partition coefficient (Wildman–Crippen LogP) is 3.64. The van der Waals surface area contributed by atoms with E-state index >= 15 is 0 Å². The number of rotatable bonds is 3. The first-order valence-corrected chi connectivity index (χ1v) is 6.43. The Hall–Kier alpha value is -2.23. The summed E-state index contributed by atoms with van der Waals surface area (Å²) in [4.78, 5) is 12.4. The van der Waals surface area contributed by atoms with Crippen LogP contribution in [0.3, 0.4) is 0 Å². The number of carbonyl (C=O) groups excluding carboxylic acids is 1. The van der Waals surface area contributed by atoms with E-state index in [-0.39, 0.29) is 11.7 Å². The van der Waals surface area contributed by atoms with E-state index in [1.165, 1.54) is 24.3 Å². The Bertz CT molecular complexity index is 648. The van der Waals surface area contributed by atoms with Crippen LogP contribution in [0, 0.1) is 11.6 Å². The molecule has 0 atom stereocenters. The van der Waals surface area contributed by atoms with E-state index in [9.17, 15) is 13.6 Å². The summed E-state index contributed by atoms with van der Waals surface area (Å²) in [7, 11) is 0. The van der Waals surface area contributed by atoms with Gasteiger partial charge in [-0.15, -0.1) is 0 Å². The van der Waals surface area contributed by atoms with Gasteiger partial charge < -0.3 is 5.32 Å². The van der Waals surface area contributed by atoms with Crippen molar-refractivity contribution in [1.82, 2.24) is 0 Å². The van der Waals surface area contributed by atoms with Gasteiger partial charge in [0.2, 0.25) is 5.91 Å². The van der Waals surface area contributed by atoms with Gasteiger partial charge in [0.05, 0.1) is 5.41 Å². The molecule has 1 amide bonds. The lowest BCUT2D eigenvalue weighted by atomic mass is 9.95. The largest absolute Gasteiger partial charge is 0.325 e. The van der Waals surface area contributed by atoms with Crippen molar-refractivity contribution in [3.05, 3.63) is 65.7 Å². The van der Waals surface area contributed by atoms with E-state index in [0.717, 1.165) is 18.4 Å². The second-order valence-electron chi connectivity index (χ2n) is 5.05. The molecule has 0 heterocycles. The van der Waals surface area contributed by atoms with E-state index in [0.29, 0.717) is 5.69 Å². The first-order valence-electron chi connectivity index (χ1n) is 6.43. The van der Waals surface area contributed by atoms with Crippen LogP contribution in [0.4, 0.5) is 14.5 Å². The van der Waals surface area contributed by atoms with Crippen LogP contribution in [0.15, 0.2) is 48.5 Å². The minimum absolute atomic E-state index is 0.172. The van der Waals surface area contributed by atoms with Crippen molar-refractivity contribution in [2.75, 3.05) is 5.32 Å². The third-order valence-electron chi connectivity index (χ3n) is 3.66. The van der Waals surface area contributed by atoms with Gasteiger partial charge in [-0.25, -0.2) is 8.78 Å². The van der Waals surface area contributed by atoms with Crippen molar-refractivity contribution < 1.29 is 13.6 Å². The molecule has 20 heavy (non-hydrogen) atoms. The van der Waals surface area contributed by atoms with Gasteiger partial charge in [0.15, 0.2) is 0 Å². The summed E-state index contributed by atoms with van der Waals surface area (Å²) in [6.07, 6.45) is 1.44. The normalized spacial score (nSPS) is 15.7. The summed E-state index contributed by atoms with van der Waals surface area (Å²) in [6, 6.07) is 11.8. The minimum atomic E-state index is -0.597. The topological polar surface area (TPSA) is 29.1 Å². The van der Waals surface area contributed by atoms with Gasteiger partial charge in [0.1, 0.15) is 11.6 Å². The fraction of sp³-hybridized carbons (Fsp3) is 0.188. The molecule has 0 radical (unpaired) electrons. The quantitative estimate of drug-likeness (QED) is 0.909. The molecule has 0 unspecified atom stereocenters. The van der Waals surface area contributed by atoms with Crippen molar-refractivity contribution in [2.24, 2.45) is 0 Å². The van der Waals surface area contributed by atoms with Crippen LogP contribution in [0.2, 0.25) is 0 Å². The molecular weight excluding hydrogens is 260 g/mol. The Morgan fingerprint density at radius 3 is 2.30 bits per heavy atom. The molecule has 2 aromatic carbocycles. The molecule has 2 aromatic rings. The smallest absolute Gasteiger partial charge is 0.235 e. The molecule has 4 heteroatoms. The third-order valence-corrected chi connectivity index (χ3v) is 3.66. The molecule has 0 saturated heterocycles. The average Bonchev–Trinajstić information content (AvgIpc) is 3.21. The number of nitrogens with one attached hydrogen (secondary N) is 1. The van der Waals surface area contributed by atoms with E-state index in [1.54, 1.807) is 24.3 Å². The summed E-state index contributed by atoms with van der Waals surface area (Å²) in [5.41, 5.74) is 0.635. The number of hydrogen-bond donors (Lipinski definition) is 1. The van der Waals surface area contributed by atoms with Gasteiger partial charge in [-0.1, -0.05) is 18.2 Å². The first kappa shape index (κ1) is 12.8. The summed E-state index contributed by atoms with van der Waals surface area (Å²) in [5.74, 6) is -0.890. The van der Waals surface area contributed by atoms with E-state index in [1.807, 2.05) is 0 Å². The average molecular weight is 273 g/mol. The van der Waals surface area contributed by atoms with Crippen LogP contribution in [0.1, 0.15) is 18.4 Å². The third kappa shape index (κ3) is 2.29. The number of carbonyl (C=O) groups is 1. The standard InChI is InChI=1S/C16H13F2NO/c17-12-6-4-11(5-7-12)16(8-9-16)15(20)19-14-3-1-2-13(18)10-14/h1-7,10H,8-9H2,(H,19,20). The van der Waals surface area contributed by atoms with E-state index in [4.69, 9.17) is 0 Å². The molecule has 102 valence electrons. The number of halogens is 2. The Kier molecular flexibility index (Phi) is 3.01. The zero-order valence-electron chi connectivity index (χ0n) is 10.7. The second-order valence-corrected chi connectivity index (χ2v) is 5.05. The zero-order chi connectivity index (χ0) is 14.2. The molecule has 1 saturated carbocycles. The summed E-state index contributed by atoms with van der Waals surface area (Å²) >= 11 is 0. The molecule has 0 aliphatic heterocycles. The lowest BCUT2D eigenvalue weighted by Crippen LogP contribution is -2.27. The Labute approximate surface area is 115 Å². The number of amides is 1. The molecule has 1 fully saturated rings. The van der Waals surface area contributed by atoms with Crippen molar-refractivity contribution in [1.29, 1.82) is 0 Å². The van der Waals surface area contributed by atoms with Crippen LogP contribution in [-0.4, -0.2) is 5.91 Å². The Morgan fingerprint density at radius 2 is 1.70 bits per heavy atom. The SMILES string of the molecule is O=C(Nc1cccc(F)c1)C1(c2ccc(F)cc2)CC1. The van der Waals surface area contributed by atoms with Gasteiger partial charge in [-0.2, -0.15) is 0 Å². The number of hydrogen-bond acceptors (Lipinski definition) is 1. The molecule has 1 aliphatic rings. The maximum atomic E-state index is 13.1. The summed E-state index contributed by atoms with van der Waals surface area (Å²) in [5, 5.41) is 2.73. The zero-order valence-corrected chi connectivity index (χ0v) is 10.7. The molecule has 0 spiro atoms. The van der Waals surface area contributed by atoms with Gasteiger partial charge >= 0.3 is 0 Å². The molecule has 0 aromatic heterocycles. The Balaban J connectivity index is 1.81. The van der Waals surface area contributed by atoms with Crippen LogP contribution in [0.5, 0.6) is 0 Å². The van der Waals surface area contributed by atoms with Crippen molar-refractivity contribution in [2.45, 2.75) is 18.3 Å². The number of benzene rings is 2. The Morgan fingerprint density at radius 1 is 1.00 bits per heavy atom. The van der Waals surface area contributed by atoms with Crippen LogP contribution >= 0.6 is 0 Å². The van der Waals surface area contributed by atoms with Gasteiger partial charge in [0, 0.05) is 5.69 Å². The summed E-state index contributed by atoms with van der Waals surface area (Å²) < 4.78 is 26.0. The molecule has 1 N–H and O–H groups in total.